The second-order valence-electron chi connectivity index (χ2n) is 9.69. The van der Waals surface area contributed by atoms with Crippen molar-refractivity contribution in [3.8, 4) is 0 Å². The van der Waals surface area contributed by atoms with Crippen LogP contribution in [0.5, 0.6) is 0 Å². The Morgan fingerprint density at radius 2 is 1.18 bits per heavy atom. The summed E-state index contributed by atoms with van der Waals surface area (Å²) in [7, 11) is 0. The van der Waals surface area contributed by atoms with Crippen LogP contribution in [-0.4, -0.2) is 17.0 Å². The van der Waals surface area contributed by atoms with E-state index in [9.17, 15) is 0 Å². The van der Waals surface area contributed by atoms with Gasteiger partial charge < -0.3 is 5.32 Å². The summed E-state index contributed by atoms with van der Waals surface area (Å²) in [5, 5.41) is 3.99. The lowest BCUT2D eigenvalue weighted by Crippen LogP contribution is -2.50. The van der Waals surface area contributed by atoms with Gasteiger partial charge in [0.05, 0.1) is 0 Å². The Kier molecular flexibility index (Phi) is 10.7. The third kappa shape index (κ3) is 8.79. The van der Waals surface area contributed by atoms with Crippen LogP contribution >= 0.6 is 0 Å². The van der Waals surface area contributed by atoms with Gasteiger partial charge in [0.2, 0.25) is 0 Å². The molecule has 1 N–H and O–H groups in total. The maximum Gasteiger partial charge on any atom is 0.0258 e. The van der Waals surface area contributed by atoms with E-state index in [1.807, 2.05) is 0 Å². The number of unbranched alkanes of at least 4 members (excludes halogenated alkanes) is 1. The molecule has 0 aliphatic rings. The molecule has 0 aromatic heterocycles. The van der Waals surface area contributed by atoms with E-state index in [4.69, 9.17) is 0 Å². The highest BCUT2D eigenvalue weighted by molar-refractivity contribution is 5.18. The van der Waals surface area contributed by atoms with E-state index in [0.29, 0.717) is 18.0 Å². The number of nitrogens with one attached hydrogen (secondary N) is 1. The Balaban J connectivity index is 1.88. The lowest BCUT2D eigenvalue weighted by molar-refractivity contribution is 0.114. The van der Waals surface area contributed by atoms with Crippen molar-refractivity contribution < 1.29 is 0 Å². The Morgan fingerprint density at radius 3 is 1.64 bits per heavy atom. The fraction of sp³-hybridized carbons (Fsp3) is 0.419. The van der Waals surface area contributed by atoms with E-state index < -0.39 is 0 Å². The summed E-state index contributed by atoms with van der Waals surface area (Å²) in [4.78, 5) is 2.73. The van der Waals surface area contributed by atoms with Crippen LogP contribution in [0.1, 0.15) is 63.1 Å². The van der Waals surface area contributed by atoms with Gasteiger partial charge in [0, 0.05) is 31.7 Å². The SMILES string of the molecule is CCCC[C@@H](NCc1ccccc1)[C@H](CC(C)C)N(Cc1ccccc1)Cc1ccccc1. The molecule has 0 bridgehead atoms. The van der Waals surface area contributed by atoms with E-state index in [0.717, 1.165) is 19.6 Å². The summed E-state index contributed by atoms with van der Waals surface area (Å²) < 4.78 is 0. The molecule has 0 radical (unpaired) electrons. The molecule has 33 heavy (non-hydrogen) atoms. The summed E-state index contributed by atoms with van der Waals surface area (Å²) in [6.45, 7) is 9.91. The topological polar surface area (TPSA) is 15.3 Å². The highest BCUT2D eigenvalue weighted by Gasteiger charge is 2.28. The molecule has 0 amide bonds. The van der Waals surface area contributed by atoms with Gasteiger partial charge in [-0.1, -0.05) is 125 Å². The van der Waals surface area contributed by atoms with Gasteiger partial charge in [0.1, 0.15) is 0 Å². The molecular weight excluding hydrogens is 400 g/mol. The van der Waals surface area contributed by atoms with Crippen molar-refractivity contribution in [2.45, 2.75) is 78.2 Å². The number of benzene rings is 3. The fourth-order valence-electron chi connectivity index (χ4n) is 4.68. The highest BCUT2D eigenvalue weighted by atomic mass is 15.2. The summed E-state index contributed by atoms with van der Waals surface area (Å²) in [6, 6.07) is 33.7. The monoisotopic (exact) mass is 442 g/mol. The second-order valence-corrected chi connectivity index (χ2v) is 9.69. The van der Waals surface area contributed by atoms with Crippen molar-refractivity contribution >= 4 is 0 Å². The minimum Gasteiger partial charge on any atom is -0.308 e. The maximum absolute atomic E-state index is 3.99. The van der Waals surface area contributed by atoms with Gasteiger partial charge in [-0.15, -0.1) is 0 Å². The number of hydrogen-bond acceptors (Lipinski definition) is 2. The molecule has 3 aromatic carbocycles. The first-order valence-electron chi connectivity index (χ1n) is 12.7. The van der Waals surface area contributed by atoms with Crippen molar-refractivity contribution in [1.29, 1.82) is 0 Å². The van der Waals surface area contributed by atoms with Crippen LogP contribution < -0.4 is 5.32 Å². The van der Waals surface area contributed by atoms with E-state index in [2.05, 4.69) is 122 Å². The molecule has 176 valence electrons. The molecule has 0 saturated carbocycles. The van der Waals surface area contributed by atoms with Crippen LogP contribution in [0.25, 0.3) is 0 Å². The predicted octanol–water partition coefficient (Wildman–Crippen LogP) is 7.45. The van der Waals surface area contributed by atoms with Crippen LogP contribution in [0.2, 0.25) is 0 Å². The van der Waals surface area contributed by atoms with Gasteiger partial charge in [0.15, 0.2) is 0 Å². The van der Waals surface area contributed by atoms with Gasteiger partial charge in [-0.25, -0.2) is 0 Å². The van der Waals surface area contributed by atoms with Crippen LogP contribution in [0.15, 0.2) is 91.0 Å². The molecule has 0 aliphatic heterocycles. The average molecular weight is 443 g/mol. The highest BCUT2D eigenvalue weighted by Crippen LogP contribution is 2.24. The smallest absolute Gasteiger partial charge is 0.0258 e. The molecule has 0 aliphatic carbocycles. The Bertz CT molecular complexity index is 835. The lowest BCUT2D eigenvalue weighted by atomic mass is 9.91. The standard InChI is InChI=1S/C31H42N2/c1-4-5-21-30(32-23-27-15-9-6-10-16-27)31(22-26(2)3)33(24-28-17-11-7-12-18-28)25-29-19-13-8-14-20-29/h6-20,26,30-32H,4-5,21-25H2,1-3H3/t30-,31+/m1/s1. The predicted molar refractivity (Wildman–Crippen MR) is 142 cm³/mol. The first kappa shape index (κ1) is 25.2. The Labute approximate surface area is 202 Å². The van der Waals surface area contributed by atoms with Crippen LogP contribution in [-0.2, 0) is 19.6 Å². The molecular formula is C31H42N2. The van der Waals surface area contributed by atoms with Gasteiger partial charge >= 0.3 is 0 Å². The average Bonchev–Trinajstić information content (AvgIpc) is 2.84. The molecule has 0 fully saturated rings. The van der Waals surface area contributed by atoms with Gasteiger partial charge in [0.25, 0.3) is 0 Å². The van der Waals surface area contributed by atoms with Crippen molar-refractivity contribution in [3.63, 3.8) is 0 Å². The van der Waals surface area contributed by atoms with Gasteiger partial charge in [-0.05, 0) is 35.4 Å². The van der Waals surface area contributed by atoms with E-state index in [1.165, 1.54) is 42.4 Å². The molecule has 2 atom stereocenters. The number of nitrogens with zero attached hydrogens (tertiary/aromatic N) is 1. The van der Waals surface area contributed by atoms with Crippen molar-refractivity contribution in [1.82, 2.24) is 10.2 Å². The third-order valence-corrected chi connectivity index (χ3v) is 6.38. The normalized spacial score (nSPS) is 13.4. The minimum absolute atomic E-state index is 0.458. The maximum atomic E-state index is 3.99. The van der Waals surface area contributed by atoms with Crippen LogP contribution in [0.3, 0.4) is 0 Å². The van der Waals surface area contributed by atoms with Crippen LogP contribution in [0, 0.1) is 5.92 Å². The molecule has 3 aromatic rings. The zero-order valence-corrected chi connectivity index (χ0v) is 20.8. The van der Waals surface area contributed by atoms with Crippen LogP contribution in [0.4, 0.5) is 0 Å². The van der Waals surface area contributed by atoms with Crippen molar-refractivity contribution in [2.24, 2.45) is 5.92 Å². The molecule has 3 rings (SSSR count). The first-order valence-corrected chi connectivity index (χ1v) is 12.7. The van der Waals surface area contributed by atoms with E-state index in [-0.39, 0.29) is 0 Å². The second kappa shape index (κ2) is 14.0. The molecule has 0 spiro atoms. The third-order valence-electron chi connectivity index (χ3n) is 6.38. The van der Waals surface area contributed by atoms with E-state index >= 15 is 0 Å². The quantitative estimate of drug-likeness (QED) is 0.279. The van der Waals surface area contributed by atoms with Crippen molar-refractivity contribution in [2.75, 3.05) is 0 Å². The minimum atomic E-state index is 0.458. The van der Waals surface area contributed by atoms with E-state index in [1.54, 1.807) is 0 Å². The summed E-state index contributed by atoms with van der Waals surface area (Å²) in [5.74, 6) is 0.645. The lowest BCUT2D eigenvalue weighted by Gasteiger charge is -2.39. The van der Waals surface area contributed by atoms with Gasteiger partial charge in [-0.3, -0.25) is 4.90 Å². The molecule has 0 heterocycles. The summed E-state index contributed by atoms with van der Waals surface area (Å²) in [5.41, 5.74) is 4.14. The molecule has 0 saturated heterocycles. The molecule has 0 unspecified atom stereocenters. The summed E-state index contributed by atoms with van der Waals surface area (Å²) in [6.07, 6.45) is 4.89. The number of rotatable bonds is 14. The number of hydrogen-bond donors (Lipinski definition) is 1. The van der Waals surface area contributed by atoms with Crippen molar-refractivity contribution in [3.05, 3.63) is 108 Å². The first-order chi connectivity index (χ1) is 16.2. The molecule has 2 nitrogen and oxygen atoms in total. The zero-order chi connectivity index (χ0) is 23.3. The Morgan fingerprint density at radius 1 is 0.697 bits per heavy atom. The van der Waals surface area contributed by atoms with Gasteiger partial charge in [-0.2, -0.15) is 0 Å². The summed E-state index contributed by atoms with van der Waals surface area (Å²) >= 11 is 0. The zero-order valence-electron chi connectivity index (χ0n) is 20.8. The fourth-order valence-corrected chi connectivity index (χ4v) is 4.68. The largest absolute Gasteiger partial charge is 0.308 e. The molecule has 2 heteroatoms. The Hall–Kier alpha value is -2.42.